The van der Waals surface area contributed by atoms with Crippen molar-refractivity contribution in [2.75, 3.05) is 19.0 Å². The number of aryl methyl sites for hydroxylation is 2. The van der Waals surface area contributed by atoms with E-state index in [0.29, 0.717) is 23.6 Å². The van der Waals surface area contributed by atoms with Gasteiger partial charge in [0.1, 0.15) is 17.1 Å². The Morgan fingerprint density at radius 2 is 2.10 bits per heavy atom. The van der Waals surface area contributed by atoms with Gasteiger partial charge in [-0.05, 0) is 25.5 Å². The molecule has 0 saturated heterocycles. The van der Waals surface area contributed by atoms with E-state index >= 15 is 0 Å². The monoisotopic (exact) mass is 274 g/mol. The number of rotatable bonds is 4. The van der Waals surface area contributed by atoms with Crippen LogP contribution in [0.15, 0.2) is 22.9 Å². The lowest BCUT2D eigenvalue weighted by atomic mass is 10.2. The second-order valence-corrected chi connectivity index (χ2v) is 4.80. The van der Waals surface area contributed by atoms with Crippen LogP contribution in [0.5, 0.6) is 0 Å². The number of pyridine rings is 1. The summed E-state index contributed by atoms with van der Waals surface area (Å²) in [5.41, 5.74) is 2.04. The van der Waals surface area contributed by atoms with E-state index in [2.05, 4.69) is 15.5 Å². The summed E-state index contributed by atoms with van der Waals surface area (Å²) in [7, 11) is 3.86. The molecule has 2 heterocycles. The molecule has 1 N–H and O–H groups in total. The minimum atomic E-state index is -0.182. The summed E-state index contributed by atoms with van der Waals surface area (Å²) in [6.07, 6.45) is 1.75. The molecule has 2 aromatic rings. The maximum atomic E-state index is 12.1. The molecule has 6 heteroatoms. The van der Waals surface area contributed by atoms with E-state index in [1.54, 1.807) is 20.0 Å². The van der Waals surface area contributed by atoms with E-state index in [1.807, 2.05) is 31.1 Å². The molecule has 20 heavy (non-hydrogen) atoms. The fourth-order valence-corrected chi connectivity index (χ4v) is 1.86. The molecular formula is C14H18N4O2. The first-order valence-electron chi connectivity index (χ1n) is 6.32. The number of carbonyl (C=O) groups excluding carboxylic acids is 1. The largest absolute Gasteiger partial charge is 0.363 e. The van der Waals surface area contributed by atoms with Crippen LogP contribution in [-0.4, -0.2) is 30.1 Å². The lowest BCUT2D eigenvalue weighted by molar-refractivity contribution is 0.0949. The Hall–Kier alpha value is -2.37. The van der Waals surface area contributed by atoms with E-state index in [0.717, 1.165) is 11.4 Å². The Labute approximate surface area is 117 Å². The summed E-state index contributed by atoms with van der Waals surface area (Å²) < 4.78 is 4.98. The molecule has 0 aliphatic rings. The molecule has 106 valence electrons. The molecule has 0 aliphatic heterocycles. The molecule has 0 radical (unpaired) electrons. The highest BCUT2D eigenvalue weighted by Crippen LogP contribution is 2.12. The average molecular weight is 274 g/mol. The van der Waals surface area contributed by atoms with Crippen LogP contribution in [0.1, 0.15) is 27.4 Å². The van der Waals surface area contributed by atoms with Gasteiger partial charge in [-0.25, -0.2) is 4.98 Å². The van der Waals surface area contributed by atoms with Crippen molar-refractivity contribution >= 4 is 11.7 Å². The fourth-order valence-electron chi connectivity index (χ4n) is 1.86. The van der Waals surface area contributed by atoms with Gasteiger partial charge in [-0.3, -0.25) is 4.79 Å². The minimum Gasteiger partial charge on any atom is -0.363 e. The lowest BCUT2D eigenvalue weighted by Crippen LogP contribution is -2.24. The van der Waals surface area contributed by atoms with Crippen molar-refractivity contribution in [1.29, 1.82) is 0 Å². The number of nitrogens with one attached hydrogen (secondary N) is 1. The standard InChI is InChI=1S/C14H18N4O2/c1-9-13(10(2)20-17-9)14(19)16-8-11-5-6-12(15-7-11)18(3)4/h5-7H,8H2,1-4H3,(H,16,19). The van der Waals surface area contributed by atoms with Gasteiger partial charge < -0.3 is 14.7 Å². The first-order chi connectivity index (χ1) is 9.49. The molecular weight excluding hydrogens is 256 g/mol. The summed E-state index contributed by atoms with van der Waals surface area (Å²) in [6.45, 7) is 3.89. The van der Waals surface area contributed by atoms with Crippen LogP contribution >= 0.6 is 0 Å². The maximum absolute atomic E-state index is 12.1. The zero-order valence-electron chi connectivity index (χ0n) is 12.1. The Morgan fingerprint density at radius 1 is 1.35 bits per heavy atom. The molecule has 0 fully saturated rings. The van der Waals surface area contributed by atoms with Crippen molar-refractivity contribution in [3.63, 3.8) is 0 Å². The highest BCUT2D eigenvalue weighted by molar-refractivity contribution is 5.95. The molecule has 2 aromatic heterocycles. The number of hydrogen-bond donors (Lipinski definition) is 1. The highest BCUT2D eigenvalue weighted by Gasteiger charge is 2.16. The van der Waals surface area contributed by atoms with E-state index in [4.69, 9.17) is 4.52 Å². The second kappa shape index (κ2) is 5.73. The van der Waals surface area contributed by atoms with E-state index in [1.165, 1.54) is 0 Å². The van der Waals surface area contributed by atoms with Crippen LogP contribution in [0.3, 0.4) is 0 Å². The van der Waals surface area contributed by atoms with Gasteiger partial charge >= 0.3 is 0 Å². The highest BCUT2D eigenvalue weighted by atomic mass is 16.5. The van der Waals surface area contributed by atoms with Crippen molar-refractivity contribution in [3.05, 3.63) is 40.9 Å². The predicted molar refractivity (Wildman–Crippen MR) is 75.7 cm³/mol. The molecule has 0 aromatic carbocycles. The normalized spacial score (nSPS) is 10.4. The number of aromatic nitrogens is 2. The molecule has 0 bridgehead atoms. The molecule has 0 saturated carbocycles. The SMILES string of the molecule is Cc1noc(C)c1C(=O)NCc1ccc(N(C)C)nc1. The Bertz CT molecular complexity index is 583. The first-order valence-corrected chi connectivity index (χ1v) is 6.32. The third kappa shape index (κ3) is 2.96. The Balaban J connectivity index is 2.00. The topological polar surface area (TPSA) is 71.3 Å². The molecule has 6 nitrogen and oxygen atoms in total. The van der Waals surface area contributed by atoms with Crippen molar-refractivity contribution in [2.45, 2.75) is 20.4 Å². The zero-order chi connectivity index (χ0) is 14.7. The molecule has 0 aliphatic carbocycles. The number of carbonyl (C=O) groups is 1. The smallest absolute Gasteiger partial charge is 0.257 e. The van der Waals surface area contributed by atoms with E-state index in [9.17, 15) is 4.79 Å². The predicted octanol–water partition coefficient (Wildman–Crippen LogP) is 1.68. The number of hydrogen-bond acceptors (Lipinski definition) is 5. The van der Waals surface area contributed by atoms with Crippen molar-refractivity contribution < 1.29 is 9.32 Å². The summed E-state index contributed by atoms with van der Waals surface area (Å²) in [5.74, 6) is 1.23. The van der Waals surface area contributed by atoms with Crippen LogP contribution < -0.4 is 10.2 Å². The summed E-state index contributed by atoms with van der Waals surface area (Å²) in [6, 6.07) is 3.85. The quantitative estimate of drug-likeness (QED) is 0.918. The molecule has 1 amide bonds. The van der Waals surface area contributed by atoms with Crippen LogP contribution in [0.2, 0.25) is 0 Å². The molecule has 0 atom stereocenters. The molecule has 0 spiro atoms. The van der Waals surface area contributed by atoms with Crippen LogP contribution in [0.4, 0.5) is 5.82 Å². The van der Waals surface area contributed by atoms with Crippen LogP contribution in [0, 0.1) is 13.8 Å². The van der Waals surface area contributed by atoms with Crippen LogP contribution in [-0.2, 0) is 6.54 Å². The number of anilines is 1. The second-order valence-electron chi connectivity index (χ2n) is 4.80. The minimum absolute atomic E-state index is 0.182. The van der Waals surface area contributed by atoms with Gasteiger partial charge in [0.2, 0.25) is 0 Å². The van der Waals surface area contributed by atoms with Gasteiger partial charge in [-0.2, -0.15) is 0 Å². The Morgan fingerprint density at radius 3 is 2.60 bits per heavy atom. The van der Waals surface area contributed by atoms with Gasteiger partial charge in [0, 0.05) is 26.8 Å². The van der Waals surface area contributed by atoms with E-state index < -0.39 is 0 Å². The van der Waals surface area contributed by atoms with Crippen molar-refractivity contribution in [3.8, 4) is 0 Å². The summed E-state index contributed by atoms with van der Waals surface area (Å²) in [5, 5.41) is 6.61. The van der Waals surface area contributed by atoms with Crippen molar-refractivity contribution in [1.82, 2.24) is 15.5 Å². The van der Waals surface area contributed by atoms with Gasteiger partial charge in [0.25, 0.3) is 5.91 Å². The summed E-state index contributed by atoms with van der Waals surface area (Å²) >= 11 is 0. The van der Waals surface area contributed by atoms with Gasteiger partial charge in [0.05, 0.1) is 5.69 Å². The third-order valence-corrected chi connectivity index (χ3v) is 2.98. The first kappa shape index (κ1) is 14.0. The third-order valence-electron chi connectivity index (χ3n) is 2.98. The average Bonchev–Trinajstić information content (AvgIpc) is 2.76. The van der Waals surface area contributed by atoms with Gasteiger partial charge in [-0.15, -0.1) is 0 Å². The number of amides is 1. The Kier molecular flexibility index (Phi) is 4.02. The maximum Gasteiger partial charge on any atom is 0.257 e. The van der Waals surface area contributed by atoms with E-state index in [-0.39, 0.29) is 5.91 Å². The van der Waals surface area contributed by atoms with Crippen LogP contribution in [0.25, 0.3) is 0 Å². The van der Waals surface area contributed by atoms with Gasteiger partial charge in [-0.1, -0.05) is 11.2 Å². The van der Waals surface area contributed by atoms with Crippen molar-refractivity contribution in [2.24, 2.45) is 0 Å². The zero-order valence-corrected chi connectivity index (χ0v) is 12.1. The lowest BCUT2D eigenvalue weighted by Gasteiger charge is -2.11. The summed E-state index contributed by atoms with van der Waals surface area (Å²) in [4.78, 5) is 18.3. The fraction of sp³-hybridized carbons (Fsp3) is 0.357. The molecule has 2 rings (SSSR count). The van der Waals surface area contributed by atoms with Gasteiger partial charge in [0.15, 0.2) is 0 Å². The number of nitrogens with zero attached hydrogens (tertiary/aromatic N) is 3. The molecule has 0 unspecified atom stereocenters.